The number of rotatable bonds is 5. The van der Waals surface area contributed by atoms with Gasteiger partial charge < -0.3 is 25.0 Å². The highest BCUT2D eigenvalue weighted by Gasteiger charge is 2.24. The van der Waals surface area contributed by atoms with Crippen molar-refractivity contribution < 1.29 is 9.59 Å². The van der Waals surface area contributed by atoms with Crippen LogP contribution in [0.25, 0.3) is 27.7 Å². The molecule has 10 nitrogen and oxygen atoms in total. The van der Waals surface area contributed by atoms with Crippen LogP contribution in [0, 0.1) is 0 Å². The van der Waals surface area contributed by atoms with E-state index in [9.17, 15) is 14.4 Å². The summed E-state index contributed by atoms with van der Waals surface area (Å²) in [6, 6.07) is 9.52. The Bertz CT molecular complexity index is 1560. The SMILES string of the molecule is CC(=O)N1CCN(c2ccc3[nH]c4c(C(=O)NCCN5CCCC5)c(=O)c5cccnc5n4c3c2)CC1. The van der Waals surface area contributed by atoms with E-state index >= 15 is 0 Å². The molecule has 0 spiro atoms. The van der Waals surface area contributed by atoms with Crippen LogP contribution < -0.4 is 15.6 Å². The van der Waals surface area contributed by atoms with Gasteiger partial charge in [0.1, 0.15) is 16.9 Å². The van der Waals surface area contributed by atoms with Crippen LogP contribution in [-0.4, -0.2) is 88.3 Å². The zero-order valence-corrected chi connectivity index (χ0v) is 21.0. The predicted molar refractivity (Wildman–Crippen MR) is 143 cm³/mol. The summed E-state index contributed by atoms with van der Waals surface area (Å²) in [5, 5.41) is 3.38. The van der Waals surface area contributed by atoms with Gasteiger partial charge >= 0.3 is 0 Å². The third kappa shape index (κ3) is 4.21. The van der Waals surface area contributed by atoms with Crippen molar-refractivity contribution >= 4 is 45.2 Å². The summed E-state index contributed by atoms with van der Waals surface area (Å²) >= 11 is 0. The molecule has 2 saturated heterocycles. The normalized spacial score (nSPS) is 16.8. The molecule has 2 aliphatic heterocycles. The molecule has 2 N–H and O–H groups in total. The second-order valence-electron chi connectivity index (χ2n) is 9.89. The smallest absolute Gasteiger partial charge is 0.259 e. The molecule has 37 heavy (non-hydrogen) atoms. The maximum Gasteiger partial charge on any atom is 0.259 e. The first-order chi connectivity index (χ1) is 18.0. The van der Waals surface area contributed by atoms with E-state index in [-0.39, 0.29) is 22.8 Å². The molecule has 0 atom stereocenters. The van der Waals surface area contributed by atoms with Gasteiger partial charge in [0.05, 0.1) is 16.4 Å². The van der Waals surface area contributed by atoms with Crippen LogP contribution in [0.1, 0.15) is 30.1 Å². The molecule has 3 aromatic heterocycles. The van der Waals surface area contributed by atoms with Crippen molar-refractivity contribution in [3.63, 3.8) is 0 Å². The Morgan fingerprint density at radius 3 is 2.59 bits per heavy atom. The molecule has 6 rings (SSSR count). The lowest BCUT2D eigenvalue weighted by molar-refractivity contribution is -0.129. The van der Waals surface area contributed by atoms with Gasteiger partial charge in [0, 0.05) is 58.1 Å². The fraction of sp³-hybridized carbons (Fsp3) is 0.407. The standard InChI is InChI=1S/C27H31N7O3/c1-18(35)32-13-15-33(16-14-32)19-6-7-21-22(17-19)34-25-20(5-4-8-28-25)24(36)23(26(34)30-21)27(37)29-9-12-31-10-2-3-11-31/h4-8,17,30H,2-3,9-16H2,1H3,(H,29,37). The lowest BCUT2D eigenvalue weighted by atomic mass is 10.1. The number of aromatic nitrogens is 3. The summed E-state index contributed by atoms with van der Waals surface area (Å²) in [6.45, 7) is 7.83. The Morgan fingerprint density at radius 1 is 1.05 bits per heavy atom. The maximum absolute atomic E-state index is 13.5. The van der Waals surface area contributed by atoms with Crippen LogP contribution in [-0.2, 0) is 4.79 Å². The Kier molecular flexibility index (Phi) is 6.03. The molecule has 0 aliphatic carbocycles. The van der Waals surface area contributed by atoms with Crippen molar-refractivity contribution in [2.45, 2.75) is 19.8 Å². The quantitative estimate of drug-likeness (QED) is 0.432. The number of anilines is 1. The van der Waals surface area contributed by atoms with E-state index in [1.807, 2.05) is 21.4 Å². The molecule has 192 valence electrons. The highest BCUT2D eigenvalue weighted by molar-refractivity contribution is 6.05. The molecule has 2 amide bonds. The van der Waals surface area contributed by atoms with E-state index in [4.69, 9.17) is 0 Å². The molecule has 0 saturated carbocycles. The molecular formula is C27H31N7O3. The highest BCUT2D eigenvalue weighted by atomic mass is 16.2. The fourth-order valence-electron chi connectivity index (χ4n) is 5.61. The molecule has 0 radical (unpaired) electrons. The zero-order valence-electron chi connectivity index (χ0n) is 21.0. The molecule has 2 aliphatic rings. The second kappa shape index (κ2) is 9.51. The molecule has 2 fully saturated rings. The van der Waals surface area contributed by atoms with Gasteiger partial charge in [-0.3, -0.25) is 18.8 Å². The fourth-order valence-corrected chi connectivity index (χ4v) is 5.61. The third-order valence-electron chi connectivity index (χ3n) is 7.64. The lowest BCUT2D eigenvalue weighted by Crippen LogP contribution is -2.48. The van der Waals surface area contributed by atoms with Crippen molar-refractivity contribution in [1.29, 1.82) is 0 Å². The number of amides is 2. The van der Waals surface area contributed by atoms with E-state index < -0.39 is 0 Å². The number of nitrogens with one attached hydrogen (secondary N) is 2. The van der Waals surface area contributed by atoms with Gasteiger partial charge in [-0.1, -0.05) is 0 Å². The van der Waals surface area contributed by atoms with Crippen molar-refractivity contribution in [3.8, 4) is 0 Å². The van der Waals surface area contributed by atoms with Crippen LogP contribution >= 0.6 is 0 Å². The number of imidazole rings is 1. The summed E-state index contributed by atoms with van der Waals surface area (Å²) in [5.74, 6) is -0.279. The molecule has 5 heterocycles. The number of benzene rings is 1. The van der Waals surface area contributed by atoms with Crippen LogP contribution in [0.3, 0.4) is 0 Å². The minimum absolute atomic E-state index is 0.0967. The number of carbonyl (C=O) groups excluding carboxylic acids is 2. The maximum atomic E-state index is 13.5. The number of H-pyrrole nitrogens is 1. The van der Waals surface area contributed by atoms with Gasteiger partial charge in [-0.15, -0.1) is 0 Å². The third-order valence-corrected chi connectivity index (χ3v) is 7.64. The topological polar surface area (TPSA) is 106 Å². The zero-order chi connectivity index (χ0) is 25.5. The predicted octanol–water partition coefficient (Wildman–Crippen LogP) is 1.82. The number of nitrogens with zero attached hydrogens (tertiary/aromatic N) is 5. The van der Waals surface area contributed by atoms with Gasteiger partial charge in [0.15, 0.2) is 0 Å². The van der Waals surface area contributed by atoms with E-state index in [0.717, 1.165) is 49.4 Å². The highest BCUT2D eigenvalue weighted by Crippen LogP contribution is 2.27. The monoisotopic (exact) mass is 501 g/mol. The van der Waals surface area contributed by atoms with Crippen molar-refractivity contribution in [3.05, 3.63) is 52.3 Å². The number of hydrogen-bond acceptors (Lipinski definition) is 6. The number of fused-ring (bicyclic) bond motifs is 5. The van der Waals surface area contributed by atoms with E-state index in [1.54, 1.807) is 25.3 Å². The van der Waals surface area contributed by atoms with E-state index in [2.05, 4.69) is 31.2 Å². The molecular weight excluding hydrogens is 470 g/mol. The number of carbonyl (C=O) groups is 2. The van der Waals surface area contributed by atoms with Crippen LogP contribution in [0.15, 0.2) is 41.3 Å². The Hall–Kier alpha value is -3.92. The number of aromatic amines is 1. The van der Waals surface area contributed by atoms with Crippen LogP contribution in [0.2, 0.25) is 0 Å². The summed E-state index contributed by atoms with van der Waals surface area (Å²) in [6.07, 6.45) is 4.04. The van der Waals surface area contributed by atoms with Crippen molar-refractivity contribution in [1.82, 2.24) is 29.5 Å². The molecule has 0 bridgehead atoms. The Balaban J connectivity index is 1.41. The first-order valence-corrected chi connectivity index (χ1v) is 13.0. The van der Waals surface area contributed by atoms with Crippen LogP contribution in [0.4, 0.5) is 5.69 Å². The number of hydrogen-bond donors (Lipinski definition) is 2. The minimum atomic E-state index is -0.375. The van der Waals surface area contributed by atoms with Gasteiger partial charge in [-0.2, -0.15) is 0 Å². The van der Waals surface area contributed by atoms with Gasteiger partial charge in [0.25, 0.3) is 5.91 Å². The minimum Gasteiger partial charge on any atom is -0.368 e. The van der Waals surface area contributed by atoms with Gasteiger partial charge in [-0.25, -0.2) is 4.98 Å². The lowest BCUT2D eigenvalue weighted by Gasteiger charge is -2.35. The number of pyridine rings is 2. The van der Waals surface area contributed by atoms with Gasteiger partial charge in [-0.05, 0) is 56.3 Å². The number of piperazine rings is 1. The van der Waals surface area contributed by atoms with E-state index in [1.165, 1.54) is 12.8 Å². The average Bonchev–Trinajstić information content (AvgIpc) is 3.56. The summed E-state index contributed by atoms with van der Waals surface area (Å²) in [4.78, 5) is 52.9. The second-order valence-corrected chi connectivity index (χ2v) is 9.89. The Morgan fingerprint density at radius 2 is 1.84 bits per heavy atom. The van der Waals surface area contributed by atoms with Crippen LogP contribution in [0.5, 0.6) is 0 Å². The molecule has 1 aromatic carbocycles. The number of likely N-dealkylation sites (tertiary alicyclic amines) is 1. The van der Waals surface area contributed by atoms with E-state index in [0.29, 0.717) is 36.3 Å². The molecule has 10 heteroatoms. The largest absolute Gasteiger partial charge is 0.368 e. The first kappa shape index (κ1) is 23.5. The summed E-state index contributed by atoms with van der Waals surface area (Å²) in [5.41, 5.74) is 3.43. The summed E-state index contributed by atoms with van der Waals surface area (Å²) in [7, 11) is 0. The summed E-state index contributed by atoms with van der Waals surface area (Å²) < 4.78 is 1.89. The van der Waals surface area contributed by atoms with Crippen molar-refractivity contribution in [2.75, 3.05) is 57.3 Å². The first-order valence-electron chi connectivity index (χ1n) is 13.0. The average molecular weight is 502 g/mol. The molecule has 4 aromatic rings. The molecule has 0 unspecified atom stereocenters. The van der Waals surface area contributed by atoms with Crippen molar-refractivity contribution in [2.24, 2.45) is 0 Å². The van der Waals surface area contributed by atoms with Gasteiger partial charge in [0.2, 0.25) is 11.3 Å². The Labute approximate surface area is 213 Å².